The van der Waals surface area contributed by atoms with Gasteiger partial charge < -0.3 is 10.2 Å². The van der Waals surface area contributed by atoms with Gasteiger partial charge in [0.2, 0.25) is 5.91 Å². The van der Waals surface area contributed by atoms with Crippen LogP contribution in [0.3, 0.4) is 0 Å². The highest BCUT2D eigenvalue weighted by Crippen LogP contribution is 2.72. The molecule has 1 aromatic carbocycles. The van der Waals surface area contributed by atoms with Gasteiger partial charge in [-0.3, -0.25) is 4.79 Å². The zero-order chi connectivity index (χ0) is 15.6. The summed E-state index contributed by atoms with van der Waals surface area (Å²) >= 11 is 0. The van der Waals surface area contributed by atoms with E-state index in [-0.39, 0.29) is 5.91 Å². The van der Waals surface area contributed by atoms with Crippen LogP contribution in [0, 0.1) is 16.7 Å². The van der Waals surface area contributed by atoms with Crippen LogP contribution in [0.1, 0.15) is 44.9 Å². The summed E-state index contributed by atoms with van der Waals surface area (Å²) in [5, 5.41) is 3.51. The minimum Gasteiger partial charge on any atom is -0.315 e. The molecule has 1 atom stereocenters. The van der Waals surface area contributed by atoms with E-state index >= 15 is 0 Å². The number of hydrogen-bond acceptors (Lipinski definition) is 2. The van der Waals surface area contributed by atoms with E-state index in [1.165, 1.54) is 5.56 Å². The number of amides is 1. The first-order chi connectivity index (χ1) is 9.71. The molecule has 1 amide bonds. The van der Waals surface area contributed by atoms with Gasteiger partial charge in [0.15, 0.2) is 0 Å². The van der Waals surface area contributed by atoms with E-state index in [1.54, 1.807) is 4.90 Å². The van der Waals surface area contributed by atoms with Crippen LogP contribution < -0.4 is 10.2 Å². The summed E-state index contributed by atoms with van der Waals surface area (Å²) in [6, 6.07) is 6.85. The van der Waals surface area contributed by atoms with Gasteiger partial charge in [-0.05, 0) is 41.0 Å². The second-order valence-electron chi connectivity index (χ2n) is 7.71. The largest absolute Gasteiger partial charge is 0.315 e. The van der Waals surface area contributed by atoms with Gasteiger partial charge >= 0.3 is 0 Å². The fourth-order valence-corrected chi connectivity index (χ4v) is 4.29. The number of carbonyl (C=O) groups is 1. The molecule has 3 nitrogen and oxygen atoms in total. The number of hydrogen-bond donors (Lipinski definition) is 1. The van der Waals surface area contributed by atoms with Crippen molar-refractivity contribution in [3.63, 3.8) is 0 Å². The predicted octanol–water partition coefficient (Wildman–Crippen LogP) is 3.15. The Morgan fingerprint density at radius 1 is 1.24 bits per heavy atom. The Hall–Kier alpha value is -1.35. The maximum atomic E-state index is 11.8. The third-order valence-corrected chi connectivity index (χ3v) is 6.32. The molecule has 1 unspecified atom stereocenters. The summed E-state index contributed by atoms with van der Waals surface area (Å²) in [4.78, 5) is 13.6. The number of likely N-dealkylation sites (N-methyl/N-ethyl adjacent to an activating group) is 1. The van der Waals surface area contributed by atoms with E-state index in [1.807, 2.05) is 14.1 Å². The number of anilines is 1. The quantitative estimate of drug-likeness (QED) is 0.926. The van der Waals surface area contributed by atoms with Crippen LogP contribution in [0.5, 0.6) is 0 Å². The first-order valence-electron chi connectivity index (χ1n) is 7.78. The van der Waals surface area contributed by atoms with E-state index < -0.39 is 0 Å². The van der Waals surface area contributed by atoms with Crippen LogP contribution in [0.25, 0.3) is 0 Å². The second-order valence-corrected chi connectivity index (χ2v) is 7.71. The SMILES string of the molecule is CNC(c1ccc2c(c1)CC(=O)N2C)C1C(C)(C)C1(C)C. The Kier molecular flexibility index (Phi) is 3.00. The summed E-state index contributed by atoms with van der Waals surface area (Å²) in [6.45, 7) is 9.42. The molecular formula is C18H26N2O. The standard InChI is InChI=1S/C18H26N2O/c1-17(2)16(18(17,3)4)15(19-5)11-7-8-13-12(9-11)10-14(21)20(13)6/h7-9,15-16,19H,10H2,1-6H3. The zero-order valence-corrected chi connectivity index (χ0v) is 13.9. The normalized spacial score (nSPS) is 24.1. The van der Waals surface area contributed by atoms with Crippen molar-refractivity contribution in [2.24, 2.45) is 16.7 Å². The molecule has 0 spiro atoms. The van der Waals surface area contributed by atoms with Gasteiger partial charge in [0.25, 0.3) is 0 Å². The summed E-state index contributed by atoms with van der Waals surface area (Å²) in [6.07, 6.45) is 0.535. The van der Waals surface area contributed by atoms with Gasteiger partial charge in [0.1, 0.15) is 0 Å². The van der Waals surface area contributed by atoms with Crippen molar-refractivity contribution in [3.8, 4) is 0 Å². The molecule has 1 aliphatic heterocycles. The van der Waals surface area contributed by atoms with Crippen LogP contribution in [0.4, 0.5) is 5.69 Å². The fraction of sp³-hybridized carbons (Fsp3) is 0.611. The van der Waals surface area contributed by atoms with Gasteiger partial charge in [0, 0.05) is 18.8 Å². The minimum atomic E-state index is 0.190. The first-order valence-corrected chi connectivity index (χ1v) is 7.78. The average Bonchev–Trinajstić information content (AvgIpc) is 2.67. The van der Waals surface area contributed by atoms with Crippen LogP contribution in [0.15, 0.2) is 18.2 Å². The van der Waals surface area contributed by atoms with Crippen molar-refractivity contribution < 1.29 is 4.79 Å². The van der Waals surface area contributed by atoms with Crippen LogP contribution in [-0.2, 0) is 11.2 Å². The van der Waals surface area contributed by atoms with Crippen molar-refractivity contribution >= 4 is 11.6 Å². The Morgan fingerprint density at radius 2 is 1.86 bits per heavy atom. The molecule has 0 radical (unpaired) electrons. The van der Waals surface area contributed by atoms with Crippen LogP contribution >= 0.6 is 0 Å². The third-order valence-electron chi connectivity index (χ3n) is 6.32. The molecule has 3 rings (SSSR count). The van der Waals surface area contributed by atoms with Gasteiger partial charge in [-0.1, -0.05) is 39.8 Å². The molecule has 0 aromatic heterocycles. The maximum Gasteiger partial charge on any atom is 0.231 e. The van der Waals surface area contributed by atoms with Crippen molar-refractivity contribution in [2.75, 3.05) is 19.0 Å². The molecule has 0 bridgehead atoms. The number of nitrogens with one attached hydrogen (secondary N) is 1. The smallest absolute Gasteiger partial charge is 0.231 e. The van der Waals surface area contributed by atoms with E-state index in [4.69, 9.17) is 0 Å². The molecule has 1 heterocycles. The molecule has 1 N–H and O–H groups in total. The Labute approximate surface area is 127 Å². The van der Waals surface area contributed by atoms with Crippen molar-refractivity contribution in [1.82, 2.24) is 5.32 Å². The molecule has 1 saturated carbocycles. The topological polar surface area (TPSA) is 32.3 Å². The molecular weight excluding hydrogens is 260 g/mol. The summed E-state index contributed by atoms with van der Waals surface area (Å²) in [7, 11) is 3.90. The summed E-state index contributed by atoms with van der Waals surface area (Å²) in [5.74, 6) is 0.804. The Morgan fingerprint density at radius 3 is 2.38 bits per heavy atom. The molecule has 21 heavy (non-hydrogen) atoms. The maximum absolute atomic E-state index is 11.8. The van der Waals surface area contributed by atoms with Crippen LogP contribution in [0.2, 0.25) is 0 Å². The van der Waals surface area contributed by atoms with Crippen molar-refractivity contribution in [1.29, 1.82) is 0 Å². The van der Waals surface area contributed by atoms with Gasteiger partial charge in [-0.15, -0.1) is 0 Å². The number of carbonyl (C=O) groups excluding carboxylic acids is 1. The molecule has 1 aliphatic carbocycles. The van der Waals surface area contributed by atoms with Crippen molar-refractivity contribution in [2.45, 2.75) is 40.2 Å². The zero-order valence-electron chi connectivity index (χ0n) is 13.9. The Balaban J connectivity index is 1.94. The molecule has 3 heteroatoms. The molecule has 1 fully saturated rings. The minimum absolute atomic E-state index is 0.190. The highest BCUT2D eigenvalue weighted by molar-refractivity contribution is 6.00. The van der Waals surface area contributed by atoms with Gasteiger partial charge in [-0.25, -0.2) is 0 Å². The molecule has 1 aromatic rings. The van der Waals surface area contributed by atoms with E-state index in [9.17, 15) is 4.79 Å². The lowest BCUT2D eigenvalue weighted by molar-refractivity contribution is -0.117. The molecule has 2 aliphatic rings. The average molecular weight is 286 g/mol. The Bertz CT molecular complexity index is 589. The first kappa shape index (κ1) is 14.6. The second kappa shape index (κ2) is 4.33. The van der Waals surface area contributed by atoms with E-state index in [0.29, 0.717) is 29.2 Å². The third kappa shape index (κ3) is 1.87. The van der Waals surface area contributed by atoms with Gasteiger partial charge in [0.05, 0.1) is 6.42 Å². The van der Waals surface area contributed by atoms with Crippen molar-refractivity contribution in [3.05, 3.63) is 29.3 Å². The lowest BCUT2D eigenvalue weighted by Crippen LogP contribution is -2.22. The predicted molar refractivity (Wildman–Crippen MR) is 86.4 cm³/mol. The van der Waals surface area contributed by atoms with E-state index in [2.05, 4.69) is 51.2 Å². The fourth-order valence-electron chi connectivity index (χ4n) is 4.29. The van der Waals surface area contributed by atoms with Crippen LogP contribution in [-0.4, -0.2) is 20.0 Å². The highest BCUT2D eigenvalue weighted by atomic mass is 16.2. The van der Waals surface area contributed by atoms with E-state index in [0.717, 1.165) is 11.3 Å². The lowest BCUT2D eigenvalue weighted by Gasteiger charge is -2.20. The highest BCUT2D eigenvalue weighted by Gasteiger charge is 2.67. The number of nitrogens with zero attached hydrogens (tertiary/aromatic N) is 1. The number of benzene rings is 1. The number of rotatable bonds is 3. The summed E-state index contributed by atoms with van der Waals surface area (Å²) in [5.41, 5.74) is 4.21. The molecule has 0 saturated heterocycles. The number of fused-ring (bicyclic) bond motifs is 1. The molecule has 114 valence electrons. The monoisotopic (exact) mass is 286 g/mol. The van der Waals surface area contributed by atoms with Gasteiger partial charge in [-0.2, -0.15) is 0 Å². The summed E-state index contributed by atoms with van der Waals surface area (Å²) < 4.78 is 0. The lowest BCUT2D eigenvalue weighted by atomic mass is 9.94.